The highest BCUT2D eigenvalue weighted by molar-refractivity contribution is 5.94. The highest BCUT2D eigenvalue weighted by atomic mass is 16.1. The van der Waals surface area contributed by atoms with Gasteiger partial charge in [-0.2, -0.15) is 0 Å². The number of rotatable bonds is 5. The summed E-state index contributed by atoms with van der Waals surface area (Å²) in [5.74, 6) is -0.0803. The van der Waals surface area contributed by atoms with E-state index >= 15 is 0 Å². The van der Waals surface area contributed by atoms with Crippen molar-refractivity contribution >= 4 is 11.9 Å². The molecule has 0 unspecified atom stereocenters. The molecule has 0 radical (unpaired) electrons. The lowest BCUT2D eigenvalue weighted by molar-refractivity contribution is -0.113. The predicted molar refractivity (Wildman–Crippen MR) is 76.5 cm³/mol. The molecule has 1 aromatic rings. The zero-order valence-corrected chi connectivity index (χ0v) is 11.2. The number of hydrogen-bond donors (Lipinski definition) is 1. The van der Waals surface area contributed by atoms with Crippen LogP contribution in [0.5, 0.6) is 0 Å². The van der Waals surface area contributed by atoms with E-state index in [-0.39, 0.29) is 12.3 Å². The van der Waals surface area contributed by atoms with Gasteiger partial charge in [-0.3, -0.25) is 14.7 Å². The van der Waals surface area contributed by atoms with Gasteiger partial charge in [0.1, 0.15) is 0 Å². The molecular formula is C15H21N3O. The third-order valence-electron chi connectivity index (χ3n) is 3.34. The Morgan fingerprint density at radius 1 is 1.37 bits per heavy atom. The lowest BCUT2D eigenvalue weighted by Gasteiger charge is -2.26. The van der Waals surface area contributed by atoms with E-state index < -0.39 is 0 Å². The van der Waals surface area contributed by atoms with Gasteiger partial charge in [0.2, 0.25) is 0 Å². The van der Waals surface area contributed by atoms with E-state index in [4.69, 9.17) is 5.73 Å². The predicted octanol–water partition coefficient (Wildman–Crippen LogP) is 1.61. The molecule has 1 aliphatic rings. The Balaban J connectivity index is 1.98. The lowest BCUT2D eigenvalue weighted by atomic mass is 10.1. The van der Waals surface area contributed by atoms with Crippen LogP contribution in [-0.2, 0) is 11.3 Å². The van der Waals surface area contributed by atoms with Gasteiger partial charge in [-0.25, -0.2) is 0 Å². The number of nitrogens with two attached hydrogens (primary N) is 1. The molecule has 2 N–H and O–H groups in total. The zero-order chi connectivity index (χ0) is 13.5. The molecule has 2 heterocycles. The summed E-state index contributed by atoms with van der Waals surface area (Å²) in [4.78, 5) is 17.8. The number of hydrogen-bond acceptors (Lipinski definition) is 4. The van der Waals surface area contributed by atoms with Gasteiger partial charge in [0.25, 0.3) is 0 Å². The van der Waals surface area contributed by atoms with Crippen molar-refractivity contribution in [2.75, 3.05) is 19.6 Å². The largest absolute Gasteiger partial charge is 0.324 e. The number of nitrogens with zero attached hydrogens (tertiary/aromatic N) is 2. The smallest absolute Gasteiger partial charge is 0.169 e. The number of carbonyl (C=O) groups is 1. The van der Waals surface area contributed by atoms with E-state index in [0.29, 0.717) is 0 Å². The monoisotopic (exact) mass is 259 g/mol. The van der Waals surface area contributed by atoms with Crippen LogP contribution < -0.4 is 5.73 Å². The fourth-order valence-electron chi connectivity index (χ4n) is 2.31. The van der Waals surface area contributed by atoms with Crippen molar-refractivity contribution < 1.29 is 4.79 Å². The van der Waals surface area contributed by atoms with Crippen LogP contribution in [0.3, 0.4) is 0 Å². The van der Waals surface area contributed by atoms with Gasteiger partial charge in [0.15, 0.2) is 5.78 Å². The Morgan fingerprint density at radius 2 is 2.16 bits per heavy atom. The summed E-state index contributed by atoms with van der Waals surface area (Å²) in [6.45, 7) is 3.37. The molecule has 19 heavy (non-hydrogen) atoms. The van der Waals surface area contributed by atoms with Crippen LogP contribution in [0.2, 0.25) is 0 Å². The molecule has 0 aliphatic carbocycles. The minimum Gasteiger partial charge on any atom is -0.324 e. The molecule has 4 nitrogen and oxygen atoms in total. The zero-order valence-electron chi connectivity index (χ0n) is 11.2. The number of piperidine rings is 1. The van der Waals surface area contributed by atoms with Crippen LogP contribution in [0.15, 0.2) is 24.4 Å². The van der Waals surface area contributed by atoms with Gasteiger partial charge in [-0.15, -0.1) is 0 Å². The van der Waals surface area contributed by atoms with Crippen molar-refractivity contribution in [1.29, 1.82) is 0 Å². The molecule has 1 aliphatic heterocycles. The SMILES string of the molecule is NCC(=O)/C=C\c1cc(CN2CCCCC2)ccn1. The fourth-order valence-corrected chi connectivity index (χ4v) is 2.31. The van der Waals surface area contributed by atoms with Gasteiger partial charge in [0.05, 0.1) is 12.2 Å². The maximum atomic E-state index is 11.1. The maximum absolute atomic E-state index is 11.1. The second-order valence-corrected chi connectivity index (χ2v) is 4.93. The molecule has 1 saturated heterocycles. The summed E-state index contributed by atoms with van der Waals surface area (Å²) in [6, 6.07) is 4.08. The molecule has 102 valence electrons. The van der Waals surface area contributed by atoms with Crippen LogP contribution >= 0.6 is 0 Å². The van der Waals surface area contributed by atoms with Crippen molar-refractivity contribution in [3.05, 3.63) is 35.7 Å². The third-order valence-corrected chi connectivity index (χ3v) is 3.34. The molecule has 4 heteroatoms. The second-order valence-electron chi connectivity index (χ2n) is 4.93. The summed E-state index contributed by atoms with van der Waals surface area (Å²) in [5.41, 5.74) is 7.32. The lowest BCUT2D eigenvalue weighted by Crippen LogP contribution is -2.29. The van der Waals surface area contributed by atoms with E-state index in [9.17, 15) is 4.79 Å². The molecule has 0 amide bonds. The van der Waals surface area contributed by atoms with Gasteiger partial charge in [-0.05, 0) is 55.8 Å². The average Bonchev–Trinajstić information content (AvgIpc) is 2.46. The number of pyridine rings is 1. The van der Waals surface area contributed by atoms with Crippen LogP contribution in [0.4, 0.5) is 0 Å². The molecule has 0 spiro atoms. The number of likely N-dealkylation sites (tertiary alicyclic amines) is 1. The maximum Gasteiger partial charge on any atom is 0.169 e. The second kappa shape index (κ2) is 7.16. The first kappa shape index (κ1) is 13.9. The fraction of sp³-hybridized carbons (Fsp3) is 0.467. The minimum atomic E-state index is -0.0803. The van der Waals surface area contributed by atoms with Gasteiger partial charge < -0.3 is 5.73 Å². The summed E-state index contributed by atoms with van der Waals surface area (Å²) in [7, 11) is 0. The van der Waals surface area contributed by atoms with Crippen molar-refractivity contribution in [2.45, 2.75) is 25.8 Å². The van der Waals surface area contributed by atoms with E-state index in [0.717, 1.165) is 12.2 Å². The van der Waals surface area contributed by atoms with E-state index in [1.807, 2.05) is 12.1 Å². The molecule has 0 atom stereocenters. The van der Waals surface area contributed by atoms with Crippen LogP contribution in [0.25, 0.3) is 6.08 Å². The Morgan fingerprint density at radius 3 is 2.89 bits per heavy atom. The van der Waals surface area contributed by atoms with Crippen LogP contribution in [-0.4, -0.2) is 35.3 Å². The van der Waals surface area contributed by atoms with Crippen molar-refractivity contribution in [3.8, 4) is 0 Å². The molecular weight excluding hydrogens is 238 g/mol. The molecule has 0 saturated carbocycles. The third kappa shape index (κ3) is 4.58. The Kier molecular flexibility index (Phi) is 5.24. The molecule has 2 rings (SSSR count). The molecule has 1 fully saturated rings. The topological polar surface area (TPSA) is 59.2 Å². The molecule has 0 aromatic carbocycles. The Hall–Kier alpha value is -1.52. The first-order valence-electron chi connectivity index (χ1n) is 6.86. The standard InChI is InChI=1S/C15H21N3O/c16-11-15(19)5-4-14-10-13(6-7-17-14)12-18-8-2-1-3-9-18/h4-7,10H,1-3,8-9,11-12,16H2/b5-4-. The van der Waals surface area contributed by atoms with Crippen LogP contribution in [0, 0.1) is 0 Å². The summed E-state index contributed by atoms with van der Waals surface area (Å²) in [6.07, 6.45) is 8.96. The summed E-state index contributed by atoms with van der Waals surface area (Å²) < 4.78 is 0. The Bertz CT molecular complexity index is 450. The number of aromatic nitrogens is 1. The number of ketones is 1. The van der Waals surface area contributed by atoms with Gasteiger partial charge in [-0.1, -0.05) is 6.42 Å². The first-order chi connectivity index (χ1) is 9.28. The Labute approximate surface area is 114 Å². The van der Waals surface area contributed by atoms with Gasteiger partial charge in [0, 0.05) is 12.7 Å². The van der Waals surface area contributed by atoms with Gasteiger partial charge >= 0.3 is 0 Å². The van der Waals surface area contributed by atoms with Crippen molar-refractivity contribution in [3.63, 3.8) is 0 Å². The molecule has 0 bridgehead atoms. The average molecular weight is 259 g/mol. The van der Waals surface area contributed by atoms with E-state index in [1.165, 1.54) is 44.0 Å². The highest BCUT2D eigenvalue weighted by Crippen LogP contribution is 2.13. The highest BCUT2D eigenvalue weighted by Gasteiger charge is 2.10. The van der Waals surface area contributed by atoms with Crippen LogP contribution in [0.1, 0.15) is 30.5 Å². The minimum absolute atomic E-state index is 0.0456. The van der Waals surface area contributed by atoms with Crippen molar-refractivity contribution in [1.82, 2.24) is 9.88 Å². The quantitative estimate of drug-likeness (QED) is 0.816. The van der Waals surface area contributed by atoms with E-state index in [1.54, 1.807) is 12.3 Å². The van der Waals surface area contributed by atoms with E-state index in [2.05, 4.69) is 9.88 Å². The first-order valence-corrected chi connectivity index (χ1v) is 6.86. The van der Waals surface area contributed by atoms with Crippen molar-refractivity contribution in [2.24, 2.45) is 5.73 Å². The normalized spacial score (nSPS) is 16.9. The summed E-state index contributed by atoms with van der Waals surface area (Å²) in [5, 5.41) is 0. The summed E-state index contributed by atoms with van der Waals surface area (Å²) >= 11 is 0. The number of carbonyl (C=O) groups excluding carboxylic acids is 1. The molecule has 1 aromatic heterocycles.